The number of hydrogen-bond acceptors (Lipinski definition) is 12. The maximum absolute atomic E-state index is 14.6. The molecular weight excluding hydrogens is 895 g/mol. The van der Waals surface area contributed by atoms with Gasteiger partial charge in [0.15, 0.2) is 0 Å². The van der Waals surface area contributed by atoms with Gasteiger partial charge in [-0.1, -0.05) is 39.7 Å². The molecule has 3 fully saturated rings. The summed E-state index contributed by atoms with van der Waals surface area (Å²) in [4.78, 5) is 89.0. The van der Waals surface area contributed by atoms with Crippen molar-refractivity contribution >= 4 is 57.5 Å². The zero-order valence-corrected chi connectivity index (χ0v) is 42.0. The van der Waals surface area contributed by atoms with Gasteiger partial charge in [-0.25, -0.2) is 15.4 Å². The smallest absolute Gasteiger partial charge is 0.324 e. The number of methoxy groups -OCH3 is 1. The largest absolute Gasteiger partial charge is 0.464 e. The highest BCUT2D eigenvalue weighted by atomic mass is 32.1. The highest BCUT2D eigenvalue weighted by molar-refractivity contribution is 7.10. The van der Waals surface area contributed by atoms with Gasteiger partial charge in [-0.2, -0.15) is 0 Å². The van der Waals surface area contributed by atoms with Crippen LogP contribution in [0, 0.1) is 29.1 Å². The van der Waals surface area contributed by atoms with E-state index in [1.165, 1.54) is 21.2 Å². The second-order valence-corrected chi connectivity index (χ2v) is 20.8. The number of thiazole rings is 1. The van der Waals surface area contributed by atoms with Crippen LogP contribution < -0.4 is 5.43 Å². The van der Waals surface area contributed by atoms with Crippen LogP contribution in [-0.4, -0.2) is 142 Å². The molecule has 0 radical (unpaired) electrons. The molecule has 1 aromatic carbocycles. The molecule has 1 N–H and O–H groups in total. The van der Waals surface area contributed by atoms with Crippen molar-refractivity contribution in [1.82, 2.24) is 39.7 Å². The number of nitrogens with zero attached hydrogens (tertiary/aromatic N) is 8. The summed E-state index contributed by atoms with van der Waals surface area (Å²) in [5.74, 6) is 2.99. The quantitative estimate of drug-likeness (QED) is 0.161. The molecule has 0 unspecified atom stereocenters. The van der Waals surface area contributed by atoms with E-state index in [1.54, 1.807) is 25.3 Å². The third-order valence-electron chi connectivity index (χ3n) is 13.9. The van der Waals surface area contributed by atoms with E-state index in [1.807, 2.05) is 32.2 Å². The van der Waals surface area contributed by atoms with E-state index in [-0.39, 0.29) is 55.0 Å². The lowest BCUT2D eigenvalue weighted by atomic mass is 9.84. The van der Waals surface area contributed by atoms with Crippen LogP contribution in [0.1, 0.15) is 89.6 Å². The molecular formula is C52H65N9O7S. The summed E-state index contributed by atoms with van der Waals surface area (Å²) in [6.45, 7) is 16.1. The number of amides is 4. The molecule has 3 saturated heterocycles. The minimum Gasteiger partial charge on any atom is -0.464 e. The van der Waals surface area contributed by atoms with Crippen LogP contribution in [0.25, 0.3) is 33.4 Å². The van der Waals surface area contributed by atoms with Crippen LogP contribution in [0.3, 0.4) is 0 Å². The number of likely N-dealkylation sites (N-methyl/N-ethyl adjacent to an activating group) is 1. The number of aromatic nitrogens is 3. The number of nitrogens with one attached hydrogen (secondary N) is 1. The van der Waals surface area contributed by atoms with Crippen molar-refractivity contribution in [1.29, 1.82) is 0 Å². The SMILES string of the molecule is CCn1c(-c2cccnc2[C@H](C)OC)c2c3cc(ccc31)-c1csc(n1)CC(=NC(=O)[C@H](C(C)C)N(C)C(=O)[C@H]1CCN(CC#CC(=O)N3CCC3)C1)C(=O)N1CCC[C@H](N1)C(=O)OCC(C)(C)C2. The summed E-state index contributed by atoms with van der Waals surface area (Å²) in [6, 6.07) is 8.62. The fourth-order valence-electron chi connectivity index (χ4n) is 9.96. The number of esters is 1. The summed E-state index contributed by atoms with van der Waals surface area (Å²) in [5.41, 5.74) is 9.12. The molecule has 7 heterocycles. The van der Waals surface area contributed by atoms with Crippen molar-refractivity contribution in [2.75, 3.05) is 60.0 Å². The molecule has 4 aromatic rings. The molecule has 4 aliphatic rings. The van der Waals surface area contributed by atoms with Gasteiger partial charge in [-0.15, -0.1) is 11.3 Å². The first-order chi connectivity index (χ1) is 33.1. The van der Waals surface area contributed by atoms with Crippen molar-refractivity contribution in [3.05, 3.63) is 58.2 Å². The molecule has 4 aliphatic heterocycles. The highest BCUT2D eigenvalue weighted by Crippen LogP contribution is 2.42. The van der Waals surface area contributed by atoms with Crippen LogP contribution in [0.4, 0.5) is 0 Å². The van der Waals surface area contributed by atoms with E-state index in [2.05, 4.69) is 76.8 Å². The van der Waals surface area contributed by atoms with Crippen LogP contribution in [0.2, 0.25) is 0 Å². The molecule has 16 nitrogen and oxygen atoms in total. The second kappa shape index (κ2) is 21.1. The number of likely N-dealkylation sites (tertiary alicyclic amines) is 2. The Bertz CT molecular complexity index is 2710. The number of benzene rings is 1. The van der Waals surface area contributed by atoms with Gasteiger partial charge < -0.3 is 23.8 Å². The number of aryl methyl sites for hydroxylation is 1. The number of hydrazine groups is 1. The third-order valence-corrected chi connectivity index (χ3v) is 14.7. The summed E-state index contributed by atoms with van der Waals surface area (Å²) in [6.07, 6.45) is 4.60. The zero-order chi connectivity index (χ0) is 49.1. The maximum atomic E-state index is 14.6. The van der Waals surface area contributed by atoms with Gasteiger partial charge in [-0.05, 0) is 94.2 Å². The van der Waals surface area contributed by atoms with E-state index < -0.39 is 35.3 Å². The molecule has 8 rings (SSSR count). The first-order valence-electron chi connectivity index (χ1n) is 24.3. The average molecular weight is 960 g/mol. The summed E-state index contributed by atoms with van der Waals surface area (Å²) < 4.78 is 14.2. The summed E-state index contributed by atoms with van der Waals surface area (Å²) >= 11 is 1.38. The number of ether oxygens (including phenoxy) is 2. The Hall–Kier alpha value is -5.80. The lowest BCUT2D eigenvalue weighted by Crippen LogP contribution is -2.57. The lowest BCUT2D eigenvalue weighted by molar-refractivity contribution is -0.153. The molecule has 0 saturated carbocycles. The monoisotopic (exact) mass is 959 g/mol. The van der Waals surface area contributed by atoms with E-state index in [9.17, 15) is 24.0 Å². The number of pyridine rings is 1. The molecule has 4 atom stereocenters. The van der Waals surface area contributed by atoms with Crippen LogP contribution in [0.15, 0.2) is 46.9 Å². The first kappa shape index (κ1) is 49.6. The van der Waals surface area contributed by atoms with Gasteiger partial charge >= 0.3 is 5.97 Å². The van der Waals surface area contributed by atoms with Gasteiger partial charge in [0.25, 0.3) is 17.7 Å². The second-order valence-electron chi connectivity index (χ2n) is 19.9. The fraction of sp³-hybridized carbons (Fsp3) is 0.538. The van der Waals surface area contributed by atoms with Gasteiger partial charge in [0, 0.05) is 92.3 Å². The molecule has 3 aromatic heterocycles. The molecule has 17 heteroatoms. The predicted molar refractivity (Wildman–Crippen MR) is 265 cm³/mol. The van der Waals surface area contributed by atoms with Crippen molar-refractivity contribution in [3.63, 3.8) is 0 Å². The number of cyclic esters (lactones) is 1. The topological polar surface area (TPSA) is 172 Å². The van der Waals surface area contributed by atoms with Crippen LogP contribution in [-0.2, 0) is 52.8 Å². The zero-order valence-electron chi connectivity index (χ0n) is 41.2. The standard InChI is InChI=1S/C52H65N9O7S/c1-9-60-42-18-17-34-26-37(42)38(47(60)36-14-10-20-53-45(36)33(4)67-8)28-52(5,6)31-68-51(66)39-15-11-24-61(56-39)50(65)40(27-43-54-41(34)30-69-43)55-48(63)46(32(2)3)57(7)49(64)35-19-25-58(29-35)21-12-16-44(62)59-22-13-23-59/h10,14,17-18,20,26,30,32-33,35,39,46,56H,9,11,13,15,19,21-25,27-29,31H2,1-8H3/t33-,35-,39-,46-/m0/s1. The minimum absolute atomic E-state index is 0.0467. The number of hydrogen-bond donors (Lipinski definition) is 1. The van der Waals surface area contributed by atoms with Crippen molar-refractivity contribution < 1.29 is 33.4 Å². The molecule has 0 spiro atoms. The number of fused-ring (bicyclic) bond motifs is 6. The lowest BCUT2D eigenvalue weighted by Gasteiger charge is -2.34. The Balaban J connectivity index is 1.13. The van der Waals surface area contributed by atoms with E-state index in [4.69, 9.17) is 19.4 Å². The number of aliphatic imine (C=N–C) groups is 1. The van der Waals surface area contributed by atoms with E-state index in [0.29, 0.717) is 56.9 Å². The van der Waals surface area contributed by atoms with Crippen LogP contribution in [0.5, 0.6) is 0 Å². The average Bonchev–Trinajstić information content (AvgIpc) is 4.07. The minimum atomic E-state index is -0.956. The van der Waals surface area contributed by atoms with Gasteiger partial charge in [0.05, 0.1) is 47.3 Å². The first-order valence-corrected chi connectivity index (χ1v) is 25.2. The van der Waals surface area contributed by atoms with Crippen molar-refractivity contribution in [3.8, 4) is 34.4 Å². The maximum Gasteiger partial charge on any atom is 0.324 e. The molecule has 366 valence electrons. The summed E-state index contributed by atoms with van der Waals surface area (Å²) in [5, 5.41) is 4.94. The normalized spacial score (nSPS) is 21.3. The van der Waals surface area contributed by atoms with Crippen molar-refractivity contribution in [2.24, 2.45) is 22.2 Å². The third kappa shape index (κ3) is 10.7. The molecule has 69 heavy (non-hydrogen) atoms. The van der Waals surface area contributed by atoms with Gasteiger partial charge in [0.2, 0.25) is 5.91 Å². The Morgan fingerprint density at radius 3 is 2.61 bits per heavy atom. The Kier molecular flexibility index (Phi) is 15.1. The summed E-state index contributed by atoms with van der Waals surface area (Å²) in [7, 11) is 3.31. The Morgan fingerprint density at radius 1 is 1.09 bits per heavy atom. The molecule has 4 amide bonds. The fourth-order valence-corrected chi connectivity index (χ4v) is 10.8. The number of carbonyl (C=O) groups excluding carboxylic acids is 5. The highest BCUT2D eigenvalue weighted by Gasteiger charge is 2.39. The number of carbonyl (C=O) groups is 5. The van der Waals surface area contributed by atoms with E-state index in [0.717, 1.165) is 64.2 Å². The van der Waals surface area contributed by atoms with Gasteiger partial charge in [-0.3, -0.25) is 38.9 Å². The van der Waals surface area contributed by atoms with Crippen LogP contribution >= 0.6 is 11.3 Å². The number of rotatable bonds is 9. The van der Waals surface area contributed by atoms with Crippen molar-refractivity contribution in [2.45, 2.75) is 105 Å². The molecule has 6 bridgehead atoms. The molecule has 0 aliphatic carbocycles. The Morgan fingerprint density at radius 2 is 1.88 bits per heavy atom. The van der Waals surface area contributed by atoms with Gasteiger partial charge in [0.1, 0.15) is 17.8 Å². The van der Waals surface area contributed by atoms with E-state index >= 15 is 0 Å². The Labute approximate surface area is 408 Å². The predicted octanol–water partition coefficient (Wildman–Crippen LogP) is 5.73.